The first-order valence-corrected chi connectivity index (χ1v) is 15.0. The quantitative estimate of drug-likeness (QED) is 0.312. The van der Waals surface area contributed by atoms with Crippen molar-refractivity contribution in [3.8, 4) is 0 Å². The molecule has 0 aliphatic carbocycles. The van der Waals surface area contributed by atoms with Gasteiger partial charge < -0.3 is 10.2 Å². The predicted octanol–water partition coefficient (Wildman–Crippen LogP) is 4.82. The Kier molecular flexibility index (Phi) is 11.1. The average Bonchev–Trinajstić information content (AvgIpc) is 2.97. The molecule has 0 fully saturated rings. The number of sulfonamides is 1. The van der Waals surface area contributed by atoms with Crippen molar-refractivity contribution in [3.63, 3.8) is 0 Å². The zero-order valence-electron chi connectivity index (χ0n) is 23.0. The lowest BCUT2D eigenvalue weighted by Gasteiger charge is -2.33. The first-order chi connectivity index (χ1) is 18.8. The Labute approximate surface area is 232 Å². The van der Waals surface area contributed by atoms with Crippen molar-refractivity contribution in [2.24, 2.45) is 0 Å². The molecule has 0 spiro atoms. The first kappa shape index (κ1) is 29.9. The fourth-order valence-electron chi connectivity index (χ4n) is 4.55. The Morgan fingerprint density at radius 1 is 0.846 bits per heavy atom. The summed E-state index contributed by atoms with van der Waals surface area (Å²) in [6.45, 7) is 6.16. The van der Waals surface area contributed by atoms with Crippen molar-refractivity contribution in [2.45, 2.75) is 57.4 Å². The van der Waals surface area contributed by atoms with E-state index in [-0.39, 0.29) is 17.3 Å². The number of amides is 2. The highest BCUT2D eigenvalue weighted by Gasteiger charge is 2.33. The van der Waals surface area contributed by atoms with Gasteiger partial charge in [0, 0.05) is 13.1 Å². The largest absolute Gasteiger partial charge is 0.354 e. The van der Waals surface area contributed by atoms with Crippen LogP contribution >= 0.6 is 0 Å². The number of carbonyl (C=O) groups excluding carboxylic acids is 2. The minimum absolute atomic E-state index is 0.104. The van der Waals surface area contributed by atoms with E-state index in [1.165, 1.54) is 16.4 Å². The molecule has 2 amide bonds. The van der Waals surface area contributed by atoms with E-state index in [0.29, 0.717) is 31.5 Å². The van der Waals surface area contributed by atoms with E-state index in [1.54, 1.807) is 35.2 Å². The highest BCUT2D eigenvalue weighted by molar-refractivity contribution is 7.92. The fraction of sp³-hybridized carbons (Fsp3) is 0.355. The summed E-state index contributed by atoms with van der Waals surface area (Å²) >= 11 is 0. The Morgan fingerprint density at radius 2 is 1.46 bits per heavy atom. The normalized spacial score (nSPS) is 12.0. The van der Waals surface area contributed by atoms with Crippen LogP contribution in [-0.4, -0.2) is 50.8 Å². The summed E-state index contributed by atoms with van der Waals surface area (Å²) in [5.41, 5.74) is 2.31. The third-order valence-electron chi connectivity index (χ3n) is 6.67. The number of para-hydroxylation sites is 1. The monoisotopic (exact) mass is 549 g/mol. The van der Waals surface area contributed by atoms with E-state index in [9.17, 15) is 18.0 Å². The highest BCUT2D eigenvalue weighted by atomic mass is 32.2. The summed E-state index contributed by atoms with van der Waals surface area (Å²) in [5, 5.41) is 2.91. The topological polar surface area (TPSA) is 86.8 Å². The summed E-state index contributed by atoms with van der Waals surface area (Å²) in [7, 11) is -4.06. The molecule has 0 heterocycles. The van der Waals surface area contributed by atoms with Gasteiger partial charge >= 0.3 is 0 Å². The van der Waals surface area contributed by atoms with Crippen molar-refractivity contribution in [1.82, 2.24) is 10.2 Å². The van der Waals surface area contributed by atoms with Gasteiger partial charge in [0.05, 0.1) is 10.6 Å². The van der Waals surface area contributed by atoms with Gasteiger partial charge in [-0.05, 0) is 55.0 Å². The summed E-state index contributed by atoms with van der Waals surface area (Å²) in [6, 6.07) is 24.4. The van der Waals surface area contributed by atoms with Crippen molar-refractivity contribution in [1.29, 1.82) is 0 Å². The number of rotatable bonds is 14. The summed E-state index contributed by atoms with van der Waals surface area (Å²) in [5.74, 6) is -0.651. The van der Waals surface area contributed by atoms with E-state index < -0.39 is 28.5 Å². The number of benzene rings is 3. The van der Waals surface area contributed by atoms with Crippen LogP contribution in [0.1, 0.15) is 44.7 Å². The van der Waals surface area contributed by atoms with Crippen molar-refractivity contribution < 1.29 is 18.0 Å². The Hall–Kier alpha value is -3.65. The minimum Gasteiger partial charge on any atom is -0.354 e. The molecule has 0 unspecified atom stereocenters. The van der Waals surface area contributed by atoms with Gasteiger partial charge in [-0.1, -0.05) is 87.5 Å². The predicted molar refractivity (Wildman–Crippen MR) is 156 cm³/mol. The maximum absolute atomic E-state index is 14.0. The van der Waals surface area contributed by atoms with E-state index in [1.807, 2.05) is 63.2 Å². The number of aryl methyl sites for hydroxylation is 1. The standard InChI is InChI=1S/C31H39N3O4S/c1-4-22-32-31(36)28(6-3)33(23-21-25-15-9-7-10-16-25)30(35)24-34(29-20-14-13-17-26(29)5-2)39(37,38)27-18-11-8-12-19-27/h7-20,28H,4-6,21-24H2,1-3H3,(H,32,36)/t28-/m0/s1. The first-order valence-electron chi connectivity index (χ1n) is 13.6. The molecule has 0 saturated carbocycles. The number of hydrogen-bond acceptors (Lipinski definition) is 4. The molecular weight excluding hydrogens is 510 g/mol. The minimum atomic E-state index is -4.06. The smallest absolute Gasteiger partial charge is 0.264 e. The molecular formula is C31H39N3O4S. The van der Waals surface area contributed by atoms with Crippen molar-refractivity contribution >= 4 is 27.5 Å². The molecule has 0 aliphatic heterocycles. The third kappa shape index (κ3) is 7.69. The van der Waals surface area contributed by atoms with Crippen LogP contribution in [0.3, 0.4) is 0 Å². The van der Waals surface area contributed by atoms with E-state index >= 15 is 0 Å². The van der Waals surface area contributed by atoms with Crippen molar-refractivity contribution in [3.05, 3.63) is 96.1 Å². The molecule has 1 N–H and O–H groups in total. The van der Waals surface area contributed by atoms with E-state index in [2.05, 4.69) is 5.32 Å². The molecule has 39 heavy (non-hydrogen) atoms. The average molecular weight is 550 g/mol. The molecule has 3 aromatic rings. The van der Waals surface area contributed by atoms with Gasteiger partial charge in [-0.3, -0.25) is 13.9 Å². The number of hydrogen-bond donors (Lipinski definition) is 1. The molecule has 8 heteroatoms. The van der Waals surface area contributed by atoms with E-state index in [0.717, 1.165) is 17.5 Å². The maximum atomic E-state index is 14.0. The Balaban J connectivity index is 2.02. The van der Waals surface area contributed by atoms with Crippen molar-refractivity contribution in [2.75, 3.05) is 23.9 Å². The Morgan fingerprint density at radius 3 is 2.08 bits per heavy atom. The summed E-state index contributed by atoms with van der Waals surface area (Å²) in [4.78, 5) is 28.8. The fourth-order valence-corrected chi connectivity index (χ4v) is 6.02. The molecule has 3 aromatic carbocycles. The number of carbonyl (C=O) groups is 2. The van der Waals surface area contributed by atoms with Crippen LogP contribution in [0.4, 0.5) is 5.69 Å². The molecule has 0 radical (unpaired) electrons. The molecule has 0 saturated heterocycles. The van der Waals surface area contributed by atoms with Crippen LogP contribution in [0.5, 0.6) is 0 Å². The van der Waals surface area contributed by atoms with Gasteiger partial charge in [0.2, 0.25) is 11.8 Å². The molecule has 7 nitrogen and oxygen atoms in total. The maximum Gasteiger partial charge on any atom is 0.264 e. The highest BCUT2D eigenvalue weighted by Crippen LogP contribution is 2.28. The van der Waals surface area contributed by atoms with Crippen LogP contribution in [-0.2, 0) is 32.5 Å². The zero-order chi connectivity index (χ0) is 28.3. The number of nitrogens with zero attached hydrogens (tertiary/aromatic N) is 2. The SMILES string of the molecule is CCCNC(=O)[C@H](CC)N(CCc1ccccc1)C(=O)CN(c1ccccc1CC)S(=O)(=O)c1ccccc1. The summed E-state index contributed by atoms with van der Waals surface area (Å²) < 4.78 is 29.0. The number of anilines is 1. The molecule has 0 aromatic heterocycles. The van der Waals surface area contributed by atoms with Gasteiger partial charge in [-0.25, -0.2) is 8.42 Å². The Bertz CT molecular complexity index is 1310. The molecule has 0 aliphatic rings. The van der Waals surface area contributed by atoms with Crippen LogP contribution in [0.2, 0.25) is 0 Å². The van der Waals surface area contributed by atoms with Crippen LogP contribution in [0, 0.1) is 0 Å². The third-order valence-corrected chi connectivity index (χ3v) is 8.44. The molecule has 1 atom stereocenters. The zero-order valence-corrected chi connectivity index (χ0v) is 23.9. The molecule has 208 valence electrons. The second-order valence-electron chi connectivity index (χ2n) is 9.34. The van der Waals surface area contributed by atoms with E-state index in [4.69, 9.17) is 0 Å². The lowest BCUT2D eigenvalue weighted by atomic mass is 10.1. The second-order valence-corrected chi connectivity index (χ2v) is 11.2. The second kappa shape index (κ2) is 14.5. The van der Waals surface area contributed by atoms with Gasteiger partial charge in [0.25, 0.3) is 10.0 Å². The van der Waals surface area contributed by atoms with Crippen LogP contribution in [0.25, 0.3) is 0 Å². The van der Waals surface area contributed by atoms with Gasteiger partial charge in [-0.15, -0.1) is 0 Å². The van der Waals surface area contributed by atoms with Gasteiger partial charge in [0.15, 0.2) is 0 Å². The molecule has 0 bridgehead atoms. The van der Waals surface area contributed by atoms with Crippen LogP contribution in [0.15, 0.2) is 89.8 Å². The molecule has 3 rings (SSSR count). The van der Waals surface area contributed by atoms with Gasteiger partial charge in [-0.2, -0.15) is 0 Å². The lowest BCUT2D eigenvalue weighted by Crippen LogP contribution is -2.53. The number of nitrogens with one attached hydrogen (secondary N) is 1. The van der Waals surface area contributed by atoms with Crippen LogP contribution < -0.4 is 9.62 Å². The summed E-state index contributed by atoms with van der Waals surface area (Å²) in [6.07, 6.45) is 2.32. The van der Waals surface area contributed by atoms with Gasteiger partial charge in [0.1, 0.15) is 12.6 Å². The lowest BCUT2D eigenvalue weighted by molar-refractivity contribution is -0.139.